The van der Waals surface area contributed by atoms with E-state index in [0.717, 1.165) is 5.56 Å². The normalized spacial score (nSPS) is 12.9. The van der Waals surface area contributed by atoms with Crippen molar-refractivity contribution >= 4 is 17.6 Å². The van der Waals surface area contributed by atoms with Crippen LogP contribution < -0.4 is 5.73 Å². The monoisotopic (exact) mass is 345 g/mol. The maximum atomic E-state index is 13.2. The number of nitrogen functional groups attached to an aromatic ring is 1. The second-order valence-electron chi connectivity index (χ2n) is 5.63. The van der Waals surface area contributed by atoms with Gasteiger partial charge in [-0.2, -0.15) is 0 Å². The van der Waals surface area contributed by atoms with E-state index in [-0.39, 0.29) is 12.1 Å². The molecule has 0 aromatic heterocycles. The molecule has 0 aliphatic heterocycles. The first-order valence-corrected chi connectivity index (χ1v) is 7.79. The van der Waals surface area contributed by atoms with Crippen molar-refractivity contribution in [3.63, 3.8) is 0 Å². The van der Waals surface area contributed by atoms with Crippen LogP contribution in [-0.4, -0.2) is 19.0 Å². The van der Waals surface area contributed by atoms with E-state index in [1.807, 2.05) is 18.2 Å². The number of halogens is 1. The molecule has 0 heterocycles. The lowest BCUT2D eigenvalue weighted by atomic mass is 9.99. The SMILES string of the molecule is COC(=O)C(C)C(=O)OC(Cc1ccc(F)cc1N)c1ccccc1. The number of anilines is 1. The number of hydrogen-bond acceptors (Lipinski definition) is 5. The second kappa shape index (κ2) is 8.28. The standard InChI is InChI=1S/C19H20FNO4/c1-12(18(22)24-2)19(23)25-17(13-6-4-3-5-7-13)10-14-8-9-15(20)11-16(14)21/h3-9,11-12,17H,10,21H2,1-2H3. The van der Waals surface area contributed by atoms with Crippen LogP contribution >= 0.6 is 0 Å². The molecular weight excluding hydrogens is 325 g/mol. The van der Waals surface area contributed by atoms with Crippen molar-refractivity contribution in [2.24, 2.45) is 5.92 Å². The Hall–Kier alpha value is -2.89. The van der Waals surface area contributed by atoms with Gasteiger partial charge in [-0.15, -0.1) is 0 Å². The van der Waals surface area contributed by atoms with Gasteiger partial charge in [0.1, 0.15) is 11.9 Å². The highest BCUT2D eigenvalue weighted by Gasteiger charge is 2.27. The Morgan fingerprint density at radius 1 is 1.12 bits per heavy atom. The molecule has 0 bridgehead atoms. The average Bonchev–Trinajstić information content (AvgIpc) is 2.62. The Kier molecular flexibility index (Phi) is 6.11. The minimum Gasteiger partial charge on any atom is -0.468 e. The number of benzene rings is 2. The summed E-state index contributed by atoms with van der Waals surface area (Å²) >= 11 is 0. The van der Waals surface area contributed by atoms with Crippen molar-refractivity contribution in [1.29, 1.82) is 0 Å². The molecule has 0 radical (unpaired) electrons. The Balaban J connectivity index is 2.25. The summed E-state index contributed by atoms with van der Waals surface area (Å²) in [7, 11) is 1.21. The fraction of sp³-hybridized carbons (Fsp3) is 0.263. The van der Waals surface area contributed by atoms with Crippen LogP contribution in [0.1, 0.15) is 24.2 Å². The van der Waals surface area contributed by atoms with Crippen molar-refractivity contribution in [1.82, 2.24) is 0 Å². The molecule has 2 aromatic rings. The molecule has 2 atom stereocenters. The van der Waals surface area contributed by atoms with Crippen LogP contribution in [0.15, 0.2) is 48.5 Å². The summed E-state index contributed by atoms with van der Waals surface area (Å²) in [5.41, 5.74) is 7.52. The first-order valence-electron chi connectivity index (χ1n) is 7.79. The van der Waals surface area contributed by atoms with E-state index in [9.17, 15) is 14.0 Å². The van der Waals surface area contributed by atoms with E-state index in [1.165, 1.54) is 26.2 Å². The number of nitrogens with two attached hydrogens (primary N) is 1. The smallest absolute Gasteiger partial charge is 0.320 e. The van der Waals surface area contributed by atoms with Gasteiger partial charge >= 0.3 is 11.9 Å². The lowest BCUT2D eigenvalue weighted by Crippen LogP contribution is -2.26. The molecule has 0 saturated heterocycles. The van der Waals surface area contributed by atoms with Crippen LogP contribution in [0.25, 0.3) is 0 Å². The largest absolute Gasteiger partial charge is 0.468 e. The average molecular weight is 345 g/mol. The van der Waals surface area contributed by atoms with E-state index in [2.05, 4.69) is 4.74 Å². The number of carbonyl (C=O) groups is 2. The molecule has 2 unspecified atom stereocenters. The predicted molar refractivity (Wildman–Crippen MR) is 91.0 cm³/mol. The molecule has 0 spiro atoms. The van der Waals surface area contributed by atoms with Crippen molar-refractivity contribution in [3.8, 4) is 0 Å². The molecule has 25 heavy (non-hydrogen) atoms. The zero-order chi connectivity index (χ0) is 18.4. The summed E-state index contributed by atoms with van der Waals surface area (Å²) < 4.78 is 23.3. The number of ether oxygens (including phenoxy) is 2. The van der Waals surface area contributed by atoms with Gasteiger partial charge in [-0.3, -0.25) is 9.59 Å². The number of rotatable bonds is 6. The van der Waals surface area contributed by atoms with Gasteiger partial charge < -0.3 is 15.2 Å². The molecule has 132 valence electrons. The molecule has 2 N–H and O–H groups in total. The third-order valence-electron chi connectivity index (χ3n) is 3.85. The van der Waals surface area contributed by atoms with Crippen LogP contribution in [0.4, 0.5) is 10.1 Å². The number of esters is 2. The summed E-state index contributed by atoms with van der Waals surface area (Å²) in [6.07, 6.45) is -0.399. The highest BCUT2D eigenvalue weighted by molar-refractivity contribution is 5.94. The molecule has 0 amide bonds. The maximum absolute atomic E-state index is 13.2. The lowest BCUT2D eigenvalue weighted by molar-refractivity contribution is -0.163. The highest BCUT2D eigenvalue weighted by atomic mass is 19.1. The van der Waals surface area contributed by atoms with Crippen LogP contribution in [0.3, 0.4) is 0 Å². The van der Waals surface area contributed by atoms with Crippen molar-refractivity contribution < 1.29 is 23.5 Å². The Labute approximate surface area is 145 Å². The molecular formula is C19H20FNO4. The van der Waals surface area contributed by atoms with Gasteiger partial charge in [0.05, 0.1) is 7.11 Å². The molecule has 2 aromatic carbocycles. The van der Waals surface area contributed by atoms with Gasteiger partial charge in [-0.1, -0.05) is 36.4 Å². The zero-order valence-electron chi connectivity index (χ0n) is 14.1. The van der Waals surface area contributed by atoms with Crippen LogP contribution in [0.2, 0.25) is 0 Å². The van der Waals surface area contributed by atoms with Gasteiger partial charge in [-0.25, -0.2) is 4.39 Å². The van der Waals surface area contributed by atoms with Gasteiger partial charge in [0.25, 0.3) is 0 Å². The summed E-state index contributed by atoms with van der Waals surface area (Å²) in [6.45, 7) is 1.42. The van der Waals surface area contributed by atoms with Crippen molar-refractivity contribution in [2.75, 3.05) is 12.8 Å². The first-order chi connectivity index (χ1) is 11.9. The quantitative estimate of drug-likeness (QED) is 0.494. The topological polar surface area (TPSA) is 78.6 Å². The highest BCUT2D eigenvalue weighted by Crippen LogP contribution is 2.26. The van der Waals surface area contributed by atoms with Crippen LogP contribution in [0.5, 0.6) is 0 Å². The fourth-order valence-electron chi connectivity index (χ4n) is 2.36. The fourth-order valence-corrected chi connectivity index (χ4v) is 2.36. The third-order valence-corrected chi connectivity index (χ3v) is 3.85. The minimum atomic E-state index is -1.04. The van der Waals surface area contributed by atoms with Gasteiger partial charge in [-0.05, 0) is 30.2 Å². The Morgan fingerprint density at radius 2 is 1.80 bits per heavy atom. The number of carbonyl (C=O) groups excluding carboxylic acids is 2. The summed E-state index contributed by atoms with van der Waals surface area (Å²) in [5.74, 6) is -2.84. The summed E-state index contributed by atoms with van der Waals surface area (Å²) in [5, 5.41) is 0. The van der Waals surface area contributed by atoms with Gasteiger partial charge in [0.2, 0.25) is 0 Å². The van der Waals surface area contributed by atoms with E-state index < -0.39 is 29.8 Å². The lowest BCUT2D eigenvalue weighted by Gasteiger charge is -2.21. The molecule has 2 rings (SSSR count). The third kappa shape index (κ3) is 4.79. The minimum absolute atomic E-state index is 0.260. The van der Waals surface area contributed by atoms with Gasteiger partial charge in [0, 0.05) is 12.1 Å². The summed E-state index contributed by atoms with van der Waals surface area (Å²) in [4.78, 5) is 23.8. The second-order valence-corrected chi connectivity index (χ2v) is 5.63. The van der Waals surface area contributed by atoms with Crippen molar-refractivity contribution in [3.05, 3.63) is 65.5 Å². The molecule has 0 fully saturated rings. The molecule has 0 aliphatic carbocycles. The first kappa shape index (κ1) is 18.4. The molecule has 0 saturated carbocycles. The molecule has 6 heteroatoms. The number of methoxy groups -OCH3 is 1. The van der Waals surface area contributed by atoms with Crippen LogP contribution in [-0.2, 0) is 25.5 Å². The van der Waals surface area contributed by atoms with E-state index in [4.69, 9.17) is 10.5 Å². The zero-order valence-corrected chi connectivity index (χ0v) is 14.1. The Morgan fingerprint density at radius 3 is 2.40 bits per heavy atom. The predicted octanol–water partition coefficient (Wildman–Crippen LogP) is 3.04. The summed E-state index contributed by atoms with van der Waals surface area (Å²) in [6, 6.07) is 13.1. The van der Waals surface area contributed by atoms with Crippen LogP contribution in [0, 0.1) is 11.7 Å². The Bertz CT molecular complexity index is 748. The van der Waals surface area contributed by atoms with E-state index in [1.54, 1.807) is 18.2 Å². The van der Waals surface area contributed by atoms with Crippen molar-refractivity contribution in [2.45, 2.75) is 19.4 Å². The van der Waals surface area contributed by atoms with Gasteiger partial charge in [0.15, 0.2) is 5.92 Å². The molecule has 5 nitrogen and oxygen atoms in total. The molecule has 0 aliphatic rings. The van der Waals surface area contributed by atoms with E-state index >= 15 is 0 Å². The van der Waals surface area contributed by atoms with E-state index in [0.29, 0.717) is 5.56 Å². The number of hydrogen-bond donors (Lipinski definition) is 1. The maximum Gasteiger partial charge on any atom is 0.320 e.